The highest BCUT2D eigenvalue weighted by molar-refractivity contribution is 5.77. The van der Waals surface area contributed by atoms with Crippen molar-refractivity contribution in [2.75, 3.05) is 5.73 Å². The topological polar surface area (TPSA) is 56.7 Å². The number of pyridine rings is 1. The second-order valence-electron chi connectivity index (χ2n) is 5.81. The SMILES string of the molecule is CCC1CCC(n2c(N)nc3c(C)ccnc32)C1C. The van der Waals surface area contributed by atoms with Gasteiger partial charge in [0.2, 0.25) is 5.95 Å². The Hall–Kier alpha value is -1.58. The maximum absolute atomic E-state index is 6.16. The number of anilines is 1. The Morgan fingerprint density at radius 1 is 1.42 bits per heavy atom. The van der Waals surface area contributed by atoms with Crippen LogP contribution >= 0.6 is 0 Å². The molecule has 4 heteroatoms. The van der Waals surface area contributed by atoms with Crippen LogP contribution in [0.25, 0.3) is 11.2 Å². The van der Waals surface area contributed by atoms with Gasteiger partial charge in [-0.3, -0.25) is 4.57 Å². The summed E-state index contributed by atoms with van der Waals surface area (Å²) in [5.41, 5.74) is 9.21. The molecular formula is C15H22N4. The molecule has 2 aromatic rings. The van der Waals surface area contributed by atoms with Gasteiger partial charge in [-0.25, -0.2) is 9.97 Å². The van der Waals surface area contributed by atoms with Gasteiger partial charge in [0.15, 0.2) is 5.65 Å². The smallest absolute Gasteiger partial charge is 0.202 e. The first-order valence-corrected chi connectivity index (χ1v) is 7.22. The predicted octanol–water partition coefficient (Wildman–Crippen LogP) is 3.32. The first kappa shape index (κ1) is 12.5. The maximum Gasteiger partial charge on any atom is 0.202 e. The van der Waals surface area contributed by atoms with Gasteiger partial charge in [-0.05, 0) is 43.2 Å². The summed E-state index contributed by atoms with van der Waals surface area (Å²) in [6.45, 7) is 6.68. The van der Waals surface area contributed by atoms with E-state index < -0.39 is 0 Å². The molecule has 2 heterocycles. The van der Waals surface area contributed by atoms with Gasteiger partial charge in [0, 0.05) is 12.2 Å². The lowest BCUT2D eigenvalue weighted by Crippen LogP contribution is -2.17. The average molecular weight is 258 g/mol. The third-order valence-electron chi connectivity index (χ3n) is 4.85. The molecule has 1 saturated carbocycles. The van der Waals surface area contributed by atoms with Gasteiger partial charge in [-0.2, -0.15) is 0 Å². The fourth-order valence-electron chi connectivity index (χ4n) is 3.62. The quantitative estimate of drug-likeness (QED) is 0.899. The molecule has 3 rings (SSSR count). The van der Waals surface area contributed by atoms with Crippen LogP contribution in [0.3, 0.4) is 0 Å². The molecular weight excluding hydrogens is 236 g/mol. The summed E-state index contributed by atoms with van der Waals surface area (Å²) in [7, 11) is 0. The number of rotatable bonds is 2. The van der Waals surface area contributed by atoms with Gasteiger partial charge in [0.05, 0.1) is 0 Å². The molecule has 19 heavy (non-hydrogen) atoms. The first-order chi connectivity index (χ1) is 9.13. The van der Waals surface area contributed by atoms with E-state index in [1.54, 1.807) is 0 Å². The minimum atomic E-state index is 0.448. The number of nitrogens with zero attached hydrogens (tertiary/aromatic N) is 3. The number of imidazole rings is 1. The number of hydrogen-bond donors (Lipinski definition) is 1. The molecule has 0 bridgehead atoms. The predicted molar refractivity (Wildman–Crippen MR) is 77.9 cm³/mol. The molecule has 0 radical (unpaired) electrons. The molecule has 102 valence electrons. The molecule has 2 N–H and O–H groups in total. The van der Waals surface area contributed by atoms with Crippen molar-refractivity contribution in [2.24, 2.45) is 11.8 Å². The van der Waals surface area contributed by atoms with Crippen molar-refractivity contribution in [2.45, 2.75) is 46.1 Å². The van der Waals surface area contributed by atoms with Crippen LogP contribution in [0.5, 0.6) is 0 Å². The second kappa shape index (κ2) is 4.51. The summed E-state index contributed by atoms with van der Waals surface area (Å²) < 4.78 is 2.17. The lowest BCUT2D eigenvalue weighted by Gasteiger charge is -2.22. The van der Waals surface area contributed by atoms with Gasteiger partial charge >= 0.3 is 0 Å². The van der Waals surface area contributed by atoms with Gasteiger partial charge in [0.1, 0.15) is 5.52 Å². The Bertz CT molecular complexity index is 601. The number of hydrogen-bond acceptors (Lipinski definition) is 3. The Morgan fingerprint density at radius 3 is 2.89 bits per heavy atom. The monoisotopic (exact) mass is 258 g/mol. The maximum atomic E-state index is 6.16. The number of nitrogen functional groups attached to an aromatic ring is 1. The molecule has 1 aliphatic carbocycles. The van der Waals surface area contributed by atoms with E-state index in [-0.39, 0.29) is 0 Å². The first-order valence-electron chi connectivity index (χ1n) is 7.22. The number of aryl methyl sites for hydroxylation is 1. The van der Waals surface area contributed by atoms with Gasteiger partial charge in [0.25, 0.3) is 0 Å². The summed E-state index contributed by atoms with van der Waals surface area (Å²) in [6, 6.07) is 2.44. The second-order valence-corrected chi connectivity index (χ2v) is 5.81. The highest BCUT2D eigenvalue weighted by Crippen LogP contribution is 2.43. The Kier molecular flexibility index (Phi) is 2.96. The lowest BCUT2D eigenvalue weighted by atomic mass is 9.93. The third kappa shape index (κ3) is 1.81. The molecule has 0 aliphatic heterocycles. The molecule has 0 saturated heterocycles. The normalized spacial score (nSPS) is 27.2. The average Bonchev–Trinajstić information content (AvgIpc) is 2.90. The van der Waals surface area contributed by atoms with Crippen molar-refractivity contribution < 1.29 is 0 Å². The van der Waals surface area contributed by atoms with Gasteiger partial charge in [-0.1, -0.05) is 20.3 Å². The third-order valence-corrected chi connectivity index (χ3v) is 4.85. The lowest BCUT2D eigenvalue weighted by molar-refractivity contribution is 0.335. The van der Waals surface area contributed by atoms with Crippen molar-refractivity contribution in [3.8, 4) is 0 Å². The van der Waals surface area contributed by atoms with Gasteiger partial charge < -0.3 is 5.73 Å². The molecule has 3 unspecified atom stereocenters. The van der Waals surface area contributed by atoms with Gasteiger partial charge in [-0.15, -0.1) is 0 Å². The van der Waals surface area contributed by atoms with Crippen LogP contribution in [0.4, 0.5) is 5.95 Å². The van der Waals surface area contributed by atoms with E-state index in [9.17, 15) is 0 Å². The van der Waals surface area contributed by atoms with Crippen LogP contribution < -0.4 is 5.73 Å². The zero-order valence-corrected chi connectivity index (χ0v) is 11.9. The van der Waals surface area contributed by atoms with Crippen molar-refractivity contribution in [1.82, 2.24) is 14.5 Å². The zero-order valence-electron chi connectivity index (χ0n) is 11.9. The van der Waals surface area contributed by atoms with E-state index in [4.69, 9.17) is 5.73 Å². The molecule has 1 aliphatic rings. The van der Waals surface area contributed by atoms with E-state index >= 15 is 0 Å². The van der Waals surface area contributed by atoms with Crippen molar-refractivity contribution in [3.05, 3.63) is 17.8 Å². The highest BCUT2D eigenvalue weighted by Gasteiger charge is 2.34. The molecule has 1 fully saturated rings. The van der Waals surface area contributed by atoms with Crippen LogP contribution in [0, 0.1) is 18.8 Å². The molecule has 0 spiro atoms. The van der Waals surface area contributed by atoms with E-state index in [2.05, 4.69) is 35.3 Å². The van der Waals surface area contributed by atoms with E-state index in [0.29, 0.717) is 17.9 Å². The number of fused-ring (bicyclic) bond motifs is 1. The number of nitrogens with two attached hydrogens (primary N) is 1. The van der Waals surface area contributed by atoms with Crippen LogP contribution in [-0.4, -0.2) is 14.5 Å². The Morgan fingerprint density at radius 2 is 2.21 bits per heavy atom. The Balaban J connectivity index is 2.11. The fourth-order valence-corrected chi connectivity index (χ4v) is 3.62. The van der Waals surface area contributed by atoms with Crippen LogP contribution in [0.1, 0.15) is 44.7 Å². The molecule has 2 aromatic heterocycles. The summed E-state index contributed by atoms with van der Waals surface area (Å²) in [5, 5.41) is 0. The van der Waals surface area contributed by atoms with Crippen molar-refractivity contribution >= 4 is 17.1 Å². The zero-order chi connectivity index (χ0) is 13.6. The fraction of sp³-hybridized carbons (Fsp3) is 0.600. The summed E-state index contributed by atoms with van der Waals surface area (Å²) in [5.74, 6) is 2.06. The Labute approximate surface area is 114 Å². The summed E-state index contributed by atoms with van der Waals surface area (Å²) >= 11 is 0. The molecule has 0 aromatic carbocycles. The number of aromatic nitrogens is 3. The minimum absolute atomic E-state index is 0.448. The largest absolute Gasteiger partial charge is 0.369 e. The summed E-state index contributed by atoms with van der Waals surface area (Å²) in [6.07, 6.45) is 5.57. The van der Waals surface area contributed by atoms with Crippen LogP contribution in [0.15, 0.2) is 12.3 Å². The van der Waals surface area contributed by atoms with E-state index in [1.807, 2.05) is 12.3 Å². The minimum Gasteiger partial charge on any atom is -0.369 e. The molecule has 0 amide bonds. The standard InChI is InChI=1S/C15H22N4/c1-4-11-5-6-12(10(11)3)19-14-13(18-15(19)16)9(2)7-8-17-14/h7-8,10-12H,4-6H2,1-3H3,(H2,16,18). The van der Waals surface area contributed by atoms with E-state index in [1.165, 1.54) is 19.3 Å². The van der Waals surface area contributed by atoms with E-state index in [0.717, 1.165) is 22.6 Å². The summed E-state index contributed by atoms with van der Waals surface area (Å²) in [4.78, 5) is 9.03. The van der Waals surface area contributed by atoms with Crippen molar-refractivity contribution in [1.29, 1.82) is 0 Å². The van der Waals surface area contributed by atoms with Crippen LogP contribution in [0.2, 0.25) is 0 Å². The van der Waals surface area contributed by atoms with Crippen molar-refractivity contribution in [3.63, 3.8) is 0 Å². The molecule has 4 nitrogen and oxygen atoms in total. The highest BCUT2D eigenvalue weighted by atomic mass is 15.2. The molecule has 3 atom stereocenters. The van der Waals surface area contributed by atoms with Crippen LogP contribution in [-0.2, 0) is 0 Å².